The molecule has 1 saturated carbocycles. The van der Waals surface area contributed by atoms with E-state index in [0.29, 0.717) is 18.5 Å². The molecule has 4 rings (SSSR count). The number of likely N-dealkylation sites (tertiary alicyclic amines) is 1. The van der Waals surface area contributed by atoms with Gasteiger partial charge in [0.2, 0.25) is 17.7 Å². The third kappa shape index (κ3) is 4.30. The zero-order chi connectivity index (χ0) is 22.0. The minimum atomic E-state index is -0.778. The molecule has 9 heteroatoms. The van der Waals surface area contributed by atoms with Crippen LogP contribution in [0, 0.1) is 0 Å². The maximum absolute atomic E-state index is 12.7. The van der Waals surface area contributed by atoms with E-state index < -0.39 is 11.6 Å². The van der Waals surface area contributed by atoms with Gasteiger partial charge in [-0.1, -0.05) is 31.4 Å². The minimum Gasteiger partial charge on any atom is -0.326 e. The lowest BCUT2D eigenvalue weighted by molar-refractivity contribution is -0.139. The zero-order valence-corrected chi connectivity index (χ0v) is 17.3. The molecule has 164 valence electrons. The van der Waals surface area contributed by atoms with Gasteiger partial charge in [-0.3, -0.25) is 29.0 Å². The van der Waals surface area contributed by atoms with E-state index in [9.17, 15) is 24.0 Å². The van der Waals surface area contributed by atoms with Crippen molar-refractivity contribution in [2.45, 2.75) is 63.5 Å². The summed E-state index contributed by atoms with van der Waals surface area (Å²) < 4.78 is 0. The van der Waals surface area contributed by atoms with E-state index in [-0.39, 0.29) is 56.0 Å². The molecule has 2 aliphatic heterocycles. The fourth-order valence-electron chi connectivity index (χ4n) is 4.49. The average Bonchev–Trinajstić information content (AvgIpc) is 3.18. The first-order valence-corrected chi connectivity index (χ1v) is 10.7. The van der Waals surface area contributed by atoms with Crippen molar-refractivity contribution in [3.63, 3.8) is 0 Å². The van der Waals surface area contributed by atoms with Crippen LogP contribution in [0.3, 0.4) is 0 Å². The second-order valence-electron chi connectivity index (χ2n) is 8.40. The van der Waals surface area contributed by atoms with Gasteiger partial charge in [-0.25, -0.2) is 4.79 Å². The third-order valence-electron chi connectivity index (χ3n) is 6.25. The highest BCUT2D eigenvalue weighted by atomic mass is 16.2. The first kappa shape index (κ1) is 21.0. The maximum atomic E-state index is 12.7. The van der Waals surface area contributed by atoms with Crippen LogP contribution < -0.4 is 10.6 Å². The number of urea groups is 1. The Bertz CT molecular complexity index is 904. The average molecular weight is 426 g/mol. The van der Waals surface area contributed by atoms with E-state index in [1.165, 1.54) is 4.90 Å². The molecule has 0 unspecified atom stereocenters. The Hall–Kier alpha value is -3.23. The molecule has 0 aromatic heterocycles. The summed E-state index contributed by atoms with van der Waals surface area (Å²) in [5.74, 6) is -0.862. The number of amides is 6. The largest absolute Gasteiger partial charge is 0.326 e. The maximum Gasteiger partial charge on any atom is 0.325 e. The Kier molecular flexibility index (Phi) is 5.75. The number of anilines is 1. The number of imide groups is 2. The monoisotopic (exact) mass is 426 g/mol. The summed E-state index contributed by atoms with van der Waals surface area (Å²) >= 11 is 0. The van der Waals surface area contributed by atoms with Crippen molar-refractivity contribution in [2.24, 2.45) is 0 Å². The van der Waals surface area contributed by atoms with Crippen molar-refractivity contribution in [3.05, 3.63) is 29.8 Å². The van der Waals surface area contributed by atoms with Gasteiger partial charge in [-0.2, -0.15) is 0 Å². The minimum absolute atomic E-state index is 0.00771. The number of carbonyl (C=O) groups excluding carboxylic acids is 5. The summed E-state index contributed by atoms with van der Waals surface area (Å²) in [5, 5.41) is 5.59. The number of rotatable bonds is 6. The van der Waals surface area contributed by atoms with Crippen LogP contribution in [0.4, 0.5) is 10.5 Å². The van der Waals surface area contributed by atoms with Crippen LogP contribution in [0.15, 0.2) is 24.3 Å². The molecule has 1 aromatic rings. The van der Waals surface area contributed by atoms with Crippen LogP contribution in [-0.2, 0) is 25.7 Å². The second-order valence-corrected chi connectivity index (χ2v) is 8.40. The Labute approximate surface area is 180 Å². The third-order valence-corrected chi connectivity index (χ3v) is 6.25. The topological polar surface area (TPSA) is 116 Å². The summed E-state index contributed by atoms with van der Waals surface area (Å²) in [4.78, 5) is 63.2. The Balaban J connectivity index is 1.28. The first-order chi connectivity index (χ1) is 14.9. The Morgan fingerprint density at radius 2 is 1.58 bits per heavy atom. The summed E-state index contributed by atoms with van der Waals surface area (Å²) in [5.41, 5.74) is 0.576. The molecular formula is C22H26N4O5. The molecule has 2 heterocycles. The van der Waals surface area contributed by atoms with Crippen molar-refractivity contribution >= 4 is 35.3 Å². The highest BCUT2D eigenvalue weighted by Crippen LogP contribution is 2.33. The van der Waals surface area contributed by atoms with Crippen LogP contribution in [0.25, 0.3) is 0 Å². The van der Waals surface area contributed by atoms with Crippen LogP contribution in [0.5, 0.6) is 0 Å². The van der Waals surface area contributed by atoms with Gasteiger partial charge in [0.1, 0.15) is 5.54 Å². The van der Waals surface area contributed by atoms with Crippen molar-refractivity contribution in [1.82, 2.24) is 15.1 Å². The predicted octanol–water partition coefficient (Wildman–Crippen LogP) is 1.92. The lowest BCUT2D eigenvalue weighted by Crippen LogP contribution is -2.48. The highest BCUT2D eigenvalue weighted by molar-refractivity contribution is 6.07. The fourth-order valence-corrected chi connectivity index (χ4v) is 4.49. The summed E-state index contributed by atoms with van der Waals surface area (Å²) in [6.45, 7) is 0.259. The number of carbonyl (C=O) groups is 5. The number of benzene rings is 1. The Morgan fingerprint density at radius 1 is 0.935 bits per heavy atom. The Morgan fingerprint density at radius 3 is 2.23 bits per heavy atom. The molecule has 0 atom stereocenters. The molecule has 3 aliphatic rings. The molecule has 2 N–H and O–H groups in total. The summed E-state index contributed by atoms with van der Waals surface area (Å²) in [6.07, 6.45) is 4.72. The molecular weight excluding hydrogens is 400 g/mol. The van der Waals surface area contributed by atoms with E-state index in [0.717, 1.165) is 29.7 Å². The van der Waals surface area contributed by atoms with Crippen LogP contribution in [0.2, 0.25) is 0 Å². The molecule has 31 heavy (non-hydrogen) atoms. The van der Waals surface area contributed by atoms with Gasteiger partial charge in [0.05, 0.1) is 6.54 Å². The van der Waals surface area contributed by atoms with Crippen molar-refractivity contribution in [1.29, 1.82) is 0 Å². The van der Waals surface area contributed by atoms with Crippen LogP contribution in [0.1, 0.15) is 56.9 Å². The standard InChI is InChI=1S/C22H26N4O5/c27-17(10-13-25-20(30)22(24-21(25)31)11-2-1-3-12-22)23-16-6-4-15(5-7-16)14-26-18(28)8-9-19(26)29/h4-7H,1-3,8-14H2,(H,23,27)(H,24,31). The fraction of sp³-hybridized carbons (Fsp3) is 0.500. The van der Waals surface area contributed by atoms with E-state index in [1.54, 1.807) is 24.3 Å². The summed E-state index contributed by atoms with van der Waals surface area (Å²) in [6, 6.07) is 6.47. The number of hydrogen-bond donors (Lipinski definition) is 2. The van der Waals surface area contributed by atoms with E-state index >= 15 is 0 Å². The quantitative estimate of drug-likeness (QED) is 0.533. The van der Waals surface area contributed by atoms with E-state index in [1.807, 2.05) is 0 Å². The molecule has 1 aliphatic carbocycles. The van der Waals surface area contributed by atoms with Crippen molar-refractivity contribution < 1.29 is 24.0 Å². The van der Waals surface area contributed by atoms with Crippen LogP contribution in [-0.4, -0.2) is 51.5 Å². The first-order valence-electron chi connectivity index (χ1n) is 10.7. The van der Waals surface area contributed by atoms with Gasteiger partial charge >= 0.3 is 6.03 Å². The second kappa shape index (κ2) is 8.49. The van der Waals surface area contributed by atoms with Crippen LogP contribution >= 0.6 is 0 Å². The molecule has 9 nitrogen and oxygen atoms in total. The van der Waals surface area contributed by atoms with Gasteiger partial charge < -0.3 is 10.6 Å². The van der Waals surface area contributed by atoms with Gasteiger partial charge in [0.15, 0.2) is 0 Å². The van der Waals surface area contributed by atoms with Crippen molar-refractivity contribution in [2.75, 3.05) is 11.9 Å². The van der Waals surface area contributed by atoms with Gasteiger partial charge in [-0.05, 0) is 30.5 Å². The lowest BCUT2D eigenvalue weighted by Gasteiger charge is -2.30. The number of nitrogens with one attached hydrogen (secondary N) is 2. The van der Waals surface area contributed by atoms with Gasteiger partial charge in [0.25, 0.3) is 5.91 Å². The molecule has 1 aromatic carbocycles. The van der Waals surface area contributed by atoms with E-state index in [4.69, 9.17) is 0 Å². The lowest BCUT2D eigenvalue weighted by atomic mass is 9.82. The predicted molar refractivity (Wildman–Crippen MR) is 111 cm³/mol. The molecule has 1 spiro atoms. The zero-order valence-electron chi connectivity index (χ0n) is 17.3. The highest BCUT2D eigenvalue weighted by Gasteiger charge is 2.51. The summed E-state index contributed by atoms with van der Waals surface area (Å²) in [7, 11) is 0. The number of nitrogens with zero attached hydrogens (tertiary/aromatic N) is 2. The van der Waals surface area contributed by atoms with Gasteiger partial charge in [0, 0.05) is 31.5 Å². The smallest absolute Gasteiger partial charge is 0.325 e. The SMILES string of the molecule is O=C(CCN1C(=O)NC2(CCCCC2)C1=O)Nc1ccc(CN2C(=O)CCC2=O)cc1. The molecule has 2 saturated heterocycles. The van der Waals surface area contributed by atoms with Gasteiger partial charge in [-0.15, -0.1) is 0 Å². The van der Waals surface area contributed by atoms with Crippen molar-refractivity contribution in [3.8, 4) is 0 Å². The molecule has 3 fully saturated rings. The van der Waals surface area contributed by atoms with E-state index in [2.05, 4.69) is 10.6 Å². The molecule has 6 amide bonds. The number of hydrogen-bond acceptors (Lipinski definition) is 5. The molecule has 0 bridgehead atoms. The normalized spacial score (nSPS) is 20.5. The molecule has 0 radical (unpaired) electrons.